The Kier molecular flexibility index (Phi) is 6.92. The molecule has 0 radical (unpaired) electrons. The van der Waals surface area contributed by atoms with Crippen molar-refractivity contribution >= 4 is 44.2 Å². The van der Waals surface area contributed by atoms with E-state index in [0.717, 1.165) is 78.3 Å². The van der Waals surface area contributed by atoms with E-state index in [1.165, 1.54) is 9.72 Å². The molecule has 0 saturated carbocycles. The monoisotopic (exact) mass is 493 g/mol. The minimum atomic E-state index is -0.409. The fourth-order valence-electron chi connectivity index (χ4n) is 4.49. The summed E-state index contributed by atoms with van der Waals surface area (Å²) in [5.74, 6) is 2.02. The van der Waals surface area contributed by atoms with E-state index < -0.39 is 6.23 Å². The zero-order chi connectivity index (χ0) is 24.4. The highest BCUT2D eigenvalue weighted by molar-refractivity contribution is 7.18. The van der Waals surface area contributed by atoms with Crippen molar-refractivity contribution in [3.05, 3.63) is 41.0 Å². The second kappa shape index (κ2) is 10.2. The number of anilines is 1. The number of rotatable bonds is 9. The molecular formula is C25H31N7O2S. The number of aryl methyl sites for hydroxylation is 2. The summed E-state index contributed by atoms with van der Waals surface area (Å²) in [4.78, 5) is 36.5. The van der Waals surface area contributed by atoms with Crippen molar-refractivity contribution in [3.63, 3.8) is 0 Å². The van der Waals surface area contributed by atoms with Crippen LogP contribution in [0.2, 0.25) is 0 Å². The summed E-state index contributed by atoms with van der Waals surface area (Å²) in [5, 5.41) is 9.47. The number of fused-ring (bicyclic) bond motifs is 2. The SMILES string of the molecule is CCCc1nc(N2CCN(C(CC(C)=O)On3nnc4ccccc43)CC2)c2cc(CC)sc2n1. The summed E-state index contributed by atoms with van der Waals surface area (Å²) in [7, 11) is 0. The van der Waals surface area contributed by atoms with Crippen LogP contribution in [0.5, 0.6) is 0 Å². The number of aromatic nitrogens is 5. The number of thiophene rings is 1. The van der Waals surface area contributed by atoms with Crippen LogP contribution in [0.15, 0.2) is 30.3 Å². The van der Waals surface area contributed by atoms with E-state index in [1.807, 2.05) is 24.3 Å². The van der Waals surface area contributed by atoms with Gasteiger partial charge in [-0.2, -0.15) is 0 Å². The standard InChI is InChI=1S/C25H31N7O2S/c1-4-8-22-26-24(19-16-18(5-2)35-25(19)27-22)31-13-11-30(12-14-31)23(15-17(3)33)34-32-21-10-7-6-9-20(21)28-29-32/h6-7,9-10,16,23H,4-5,8,11-15H2,1-3H3. The minimum absolute atomic E-state index is 0.0777. The minimum Gasteiger partial charge on any atom is -0.375 e. The lowest BCUT2D eigenvalue weighted by Gasteiger charge is -2.38. The van der Waals surface area contributed by atoms with Crippen molar-refractivity contribution in [3.8, 4) is 0 Å². The van der Waals surface area contributed by atoms with Gasteiger partial charge in [0.15, 0.2) is 6.23 Å². The Bertz CT molecular complexity index is 1330. The maximum atomic E-state index is 12.1. The number of Topliss-reactive ketones (excluding diaryl/α,β-unsaturated/α-hetero) is 1. The van der Waals surface area contributed by atoms with E-state index in [2.05, 4.69) is 40.0 Å². The van der Waals surface area contributed by atoms with E-state index in [-0.39, 0.29) is 12.2 Å². The molecule has 0 amide bonds. The van der Waals surface area contributed by atoms with Crippen LogP contribution in [-0.2, 0) is 17.6 Å². The van der Waals surface area contributed by atoms with Crippen LogP contribution in [0.25, 0.3) is 21.3 Å². The molecule has 35 heavy (non-hydrogen) atoms. The van der Waals surface area contributed by atoms with Gasteiger partial charge in [-0.3, -0.25) is 9.69 Å². The lowest BCUT2D eigenvalue weighted by Crippen LogP contribution is -2.54. The van der Waals surface area contributed by atoms with Crippen LogP contribution >= 0.6 is 11.3 Å². The van der Waals surface area contributed by atoms with Crippen LogP contribution in [0.3, 0.4) is 0 Å². The molecule has 0 N–H and O–H groups in total. The predicted octanol–water partition coefficient (Wildman–Crippen LogP) is 3.51. The number of benzene rings is 1. The Balaban J connectivity index is 1.35. The van der Waals surface area contributed by atoms with Gasteiger partial charge in [-0.25, -0.2) is 9.97 Å². The summed E-state index contributed by atoms with van der Waals surface area (Å²) >= 11 is 1.77. The van der Waals surface area contributed by atoms with Crippen LogP contribution in [-0.4, -0.2) is 68.2 Å². The van der Waals surface area contributed by atoms with Crippen molar-refractivity contribution in [1.82, 2.24) is 30.0 Å². The molecule has 9 nitrogen and oxygen atoms in total. The van der Waals surface area contributed by atoms with Gasteiger partial charge < -0.3 is 9.74 Å². The van der Waals surface area contributed by atoms with Gasteiger partial charge in [-0.1, -0.05) is 30.8 Å². The number of hydrogen-bond acceptors (Lipinski definition) is 9. The van der Waals surface area contributed by atoms with E-state index in [4.69, 9.17) is 14.8 Å². The second-order valence-corrected chi connectivity index (χ2v) is 10.1. The first-order chi connectivity index (χ1) is 17.1. The summed E-state index contributed by atoms with van der Waals surface area (Å²) in [6, 6.07) is 9.89. The molecule has 5 rings (SSSR count). The van der Waals surface area contributed by atoms with Gasteiger partial charge in [0.1, 0.15) is 33.3 Å². The fraction of sp³-hybridized carbons (Fsp3) is 0.480. The molecule has 3 aromatic heterocycles. The molecule has 4 aromatic rings. The number of nitrogens with zero attached hydrogens (tertiary/aromatic N) is 7. The average Bonchev–Trinajstić information content (AvgIpc) is 3.47. The lowest BCUT2D eigenvalue weighted by atomic mass is 10.2. The van der Waals surface area contributed by atoms with Crippen molar-refractivity contribution in [2.45, 2.75) is 52.7 Å². The van der Waals surface area contributed by atoms with Gasteiger partial charge in [-0.15, -0.1) is 16.4 Å². The van der Waals surface area contributed by atoms with Crippen molar-refractivity contribution in [1.29, 1.82) is 0 Å². The third-order valence-electron chi connectivity index (χ3n) is 6.32. The molecule has 1 atom stereocenters. The third kappa shape index (κ3) is 4.99. The van der Waals surface area contributed by atoms with Crippen LogP contribution in [0.4, 0.5) is 5.82 Å². The first kappa shape index (κ1) is 23.6. The highest BCUT2D eigenvalue weighted by Gasteiger charge is 2.29. The number of carbonyl (C=O) groups is 1. The van der Waals surface area contributed by atoms with Gasteiger partial charge in [-0.05, 0) is 43.2 Å². The van der Waals surface area contributed by atoms with E-state index >= 15 is 0 Å². The summed E-state index contributed by atoms with van der Waals surface area (Å²) in [5.41, 5.74) is 1.55. The second-order valence-electron chi connectivity index (χ2n) is 8.94. The summed E-state index contributed by atoms with van der Waals surface area (Å²) in [6.07, 6.45) is 2.78. The van der Waals surface area contributed by atoms with Crippen LogP contribution < -0.4 is 9.74 Å². The molecule has 0 bridgehead atoms. The van der Waals surface area contributed by atoms with Gasteiger partial charge >= 0.3 is 0 Å². The predicted molar refractivity (Wildman–Crippen MR) is 138 cm³/mol. The van der Waals surface area contributed by atoms with Crippen LogP contribution in [0, 0.1) is 0 Å². The van der Waals surface area contributed by atoms with Gasteiger partial charge in [0.25, 0.3) is 0 Å². The van der Waals surface area contributed by atoms with Crippen molar-refractivity contribution in [2.75, 3.05) is 31.1 Å². The molecule has 0 spiro atoms. The quantitative estimate of drug-likeness (QED) is 0.350. The molecule has 1 saturated heterocycles. The van der Waals surface area contributed by atoms with E-state index in [9.17, 15) is 4.79 Å². The first-order valence-electron chi connectivity index (χ1n) is 12.3. The zero-order valence-corrected chi connectivity index (χ0v) is 21.3. The van der Waals surface area contributed by atoms with Crippen molar-refractivity contribution < 1.29 is 9.63 Å². The fourth-order valence-corrected chi connectivity index (χ4v) is 5.47. The molecule has 4 heterocycles. The normalized spacial score (nSPS) is 15.7. The first-order valence-corrected chi connectivity index (χ1v) is 13.1. The zero-order valence-electron chi connectivity index (χ0n) is 20.5. The van der Waals surface area contributed by atoms with Gasteiger partial charge in [0.05, 0.1) is 11.8 Å². The van der Waals surface area contributed by atoms with E-state index in [1.54, 1.807) is 18.3 Å². The van der Waals surface area contributed by atoms with Crippen molar-refractivity contribution in [2.24, 2.45) is 0 Å². The largest absolute Gasteiger partial charge is 0.375 e. The summed E-state index contributed by atoms with van der Waals surface area (Å²) < 4.78 is 0. The molecule has 0 aliphatic carbocycles. The Labute approximate surface area is 208 Å². The van der Waals surface area contributed by atoms with Crippen LogP contribution in [0.1, 0.15) is 44.3 Å². The Morgan fingerprint density at radius 1 is 1.14 bits per heavy atom. The number of para-hydroxylation sites is 1. The number of carbonyl (C=O) groups excluding carboxylic acids is 1. The van der Waals surface area contributed by atoms with Gasteiger partial charge in [0, 0.05) is 37.5 Å². The number of piperazine rings is 1. The Morgan fingerprint density at radius 2 is 1.94 bits per heavy atom. The number of ketones is 1. The molecule has 10 heteroatoms. The summed E-state index contributed by atoms with van der Waals surface area (Å²) in [6.45, 7) is 9.03. The maximum Gasteiger partial charge on any atom is 0.188 e. The number of hydrogen-bond donors (Lipinski definition) is 0. The average molecular weight is 494 g/mol. The smallest absolute Gasteiger partial charge is 0.188 e. The van der Waals surface area contributed by atoms with E-state index in [0.29, 0.717) is 0 Å². The molecule has 184 valence electrons. The Hall–Kier alpha value is -3.11. The molecular weight excluding hydrogens is 462 g/mol. The molecule has 1 aromatic carbocycles. The Morgan fingerprint density at radius 3 is 2.69 bits per heavy atom. The third-order valence-corrected chi connectivity index (χ3v) is 7.49. The maximum absolute atomic E-state index is 12.1. The highest BCUT2D eigenvalue weighted by atomic mass is 32.1. The molecule has 1 fully saturated rings. The van der Waals surface area contributed by atoms with Gasteiger partial charge in [0.2, 0.25) is 0 Å². The molecule has 1 aliphatic heterocycles. The lowest BCUT2D eigenvalue weighted by molar-refractivity contribution is -0.128. The highest BCUT2D eigenvalue weighted by Crippen LogP contribution is 2.32. The molecule has 1 aliphatic rings. The molecule has 1 unspecified atom stereocenters. The topological polar surface area (TPSA) is 89.3 Å².